The molecule has 0 aliphatic carbocycles. The van der Waals surface area contributed by atoms with Crippen LogP contribution in [-0.2, 0) is 14.3 Å². The smallest absolute Gasteiger partial charge is 0.320 e. The van der Waals surface area contributed by atoms with Crippen LogP contribution in [0.4, 0.5) is 4.79 Å². The number of carboxylic acid groups (broad SMARTS) is 1. The fourth-order valence-corrected chi connectivity index (χ4v) is 2.91. The minimum absolute atomic E-state index is 0.113. The van der Waals surface area contributed by atoms with Gasteiger partial charge in [-0.05, 0) is 12.8 Å². The van der Waals surface area contributed by atoms with Crippen molar-refractivity contribution in [3.05, 3.63) is 0 Å². The number of carboxylic acids is 1. The Labute approximate surface area is 118 Å². The summed E-state index contributed by atoms with van der Waals surface area (Å²) in [7, 11) is 3.21. The molecule has 2 heterocycles. The molecule has 2 saturated heterocycles. The first-order valence-electron chi connectivity index (χ1n) is 6.89. The van der Waals surface area contributed by atoms with E-state index < -0.39 is 11.9 Å². The lowest BCUT2D eigenvalue weighted by atomic mass is 9.99. The van der Waals surface area contributed by atoms with Crippen LogP contribution in [0.15, 0.2) is 0 Å². The van der Waals surface area contributed by atoms with Crippen molar-refractivity contribution in [3.63, 3.8) is 0 Å². The number of piperidine rings is 1. The molecule has 0 bridgehead atoms. The molecule has 0 aromatic heterocycles. The molecule has 20 heavy (non-hydrogen) atoms. The Kier molecular flexibility index (Phi) is 4.82. The predicted octanol–water partition coefficient (Wildman–Crippen LogP) is 0.249. The molecule has 0 spiro atoms. The van der Waals surface area contributed by atoms with Crippen LogP contribution in [0.2, 0.25) is 0 Å². The van der Waals surface area contributed by atoms with Crippen molar-refractivity contribution in [2.24, 2.45) is 5.92 Å². The number of urea groups is 1. The molecule has 0 aromatic rings. The van der Waals surface area contributed by atoms with Crippen LogP contribution in [0.3, 0.4) is 0 Å². The van der Waals surface area contributed by atoms with Crippen molar-refractivity contribution < 1.29 is 24.2 Å². The van der Waals surface area contributed by atoms with Crippen molar-refractivity contribution in [1.29, 1.82) is 0 Å². The van der Waals surface area contributed by atoms with Gasteiger partial charge in [0.2, 0.25) is 0 Å². The van der Waals surface area contributed by atoms with Crippen LogP contribution in [0.1, 0.15) is 12.8 Å². The van der Waals surface area contributed by atoms with E-state index in [1.165, 1.54) is 0 Å². The number of aliphatic carboxylic acids is 1. The lowest BCUT2D eigenvalue weighted by Gasteiger charge is -2.33. The van der Waals surface area contributed by atoms with Gasteiger partial charge in [-0.25, -0.2) is 4.79 Å². The minimum atomic E-state index is -0.826. The lowest BCUT2D eigenvalue weighted by Crippen LogP contribution is -2.48. The first kappa shape index (κ1) is 15.1. The van der Waals surface area contributed by atoms with Crippen molar-refractivity contribution in [2.75, 3.05) is 40.4 Å². The van der Waals surface area contributed by atoms with Crippen LogP contribution in [0.5, 0.6) is 0 Å². The van der Waals surface area contributed by atoms with Gasteiger partial charge in [0, 0.05) is 27.3 Å². The van der Waals surface area contributed by atoms with Gasteiger partial charge in [-0.2, -0.15) is 0 Å². The van der Waals surface area contributed by atoms with E-state index >= 15 is 0 Å². The predicted molar refractivity (Wildman–Crippen MR) is 70.5 cm³/mol. The molecule has 7 nitrogen and oxygen atoms in total. The average Bonchev–Trinajstić information content (AvgIpc) is 2.89. The molecular formula is C13H22N2O5. The van der Waals surface area contributed by atoms with E-state index in [1.807, 2.05) is 0 Å². The Morgan fingerprint density at radius 3 is 2.15 bits per heavy atom. The number of methoxy groups -OCH3 is 2. The van der Waals surface area contributed by atoms with E-state index in [2.05, 4.69) is 0 Å². The van der Waals surface area contributed by atoms with Crippen LogP contribution in [-0.4, -0.2) is 79.5 Å². The van der Waals surface area contributed by atoms with Gasteiger partial charge in [0.15, 0.2) is 0 Å². The molecule has 2 rings (SSSR count). The van der Waals surface area contributed by atoms with Gasteiger partial charge in [-0.15, -0.1) is 0 Å². The zero-order valence-corrected chi connectivity index (χ0v) is 11.9. The average molecular weight is 286 g/mol. The summed E-state index contributed by atoms with van der Waals surface area (Å²) in [5, 5.41) is 9.07. The number of carbonyl (C=O) groups excluding carboxylic acids is 1. The molecule has 7 heteroatoms. The van der Waals surface area contributed by atoms with Gasteiger partial charge in [0.1, 0.15) is 12.2 Å². The number of likely N-dealkylation sites (tertiary alicyclic amines) is 2. The summed E-state index contributed by atoms with van der Waals surface area (Å²) in [5.41, 5.74) is 0. The zero-order chi connectivity index (χ0) is 14.7. The molecule has 2 aliphatic rings. The highest BCUT2D eigenvalue weighted by Crippen LogP contribution is 2.21. The van der Waals surface area contributed by atoms with Crippen LogP contribution < -0.4 is 0 Å². The van der Waals surface area contributed by atoms with Gasteiger partial charge in [0.05, 0.1) is 19.0 Å². The minimum Gasteiger partial charge on any atom is -0.481 e. The van der Waals surface area contributed by atoms with E-state index in [0.717, 1.165) is 6.42 Å². The van der Waals surface area contributed by atoms with E-state index in [0.29, 0.717) is 32.6 Å². The third-order valence-corrected chi connectivity index (χ3v) is 4.13. The molecule has 2 amide bonds. The summed E-state index contributed by atoms with van der Waals surface area (Å²) in [6.07, 6.45) is 1.13. The second-order valence-corrected chi connectivity index (χ2v) is 5.36. The van der Waals surface area contributed by atoms with Crippen molar-refractivity contribution in [2.45, 2.75) is 25.0 Å². The number of ether oxygens (including phenoxy) is 2. The molecule has 114 valence electrons. The first-order valence-corrected chi connectivity index (χ1v) is 6.89. The molecule has 0 aromatic carbocycles. The standard InChI is InChI=1S/C13H22N2O5/c1-19-10-7-15(8-11(10)20-2)13(18)14-5-3-4-9(6-14)12(16)17/h9-11H,3-8H2,1-2H3,(H,16,17)/t9-,10?,11?/m1/s1. The second-order valence-electron chi connectivity index (χ2n) is 5.36. The quantitative estimate of drug-likeness (QED) is 0.804. The fourth-order valence-electron chi connectivity index (χ4n) is 2.91. The lowest BCUT2D eigenvalue weighted by molar-refractivity contribution is -0.143. The fraction of sp³-hybridized carbons (Fsp3) is 0.846. The van der Waals surface area contributed by atoms with E-state index in [-0.39, 0.29) is 18.2 Å². The van der Waals surface area contributed by atoms with Gasteiger partial charge in [-0.3, -0.25) is 4.79 Å². The Balaban J connectivity index is 1.96. The molecular weight excluding hydrogens is 264 g/mol. The van der Waals surface area contributed by atoms with Crippen LogP contribution in [0.25, 0.3) is 0 Å². The third kappa shape index (κ3) is 3.04. The number of carbonyl (C=O) groups is 2. The second kappa shape index (κ2) is 6.41. The summed E-state index contributed by atoms with van der Waals surface area (Å²) in [6, 6.07) is -0.113. The number of hydrogen-bond donors (Lipinski definition) is 1. The number of hydrogen-bond acceptors (Lipinski definition) is 4. The Hall–Kier alpha value is -1.34. The summed E-state index contributed by atoms with van der Waals surface area (Å²) in [6.45, 7) is 1.89. The Morgan fingerprint density at radius 1 is 1.05 bits per heavy atom. The van der Waals surface area contributed by atoms with Crippen molar-refractivity contribution in [1.82, 2.24) is 9.80 Å². The number of amides is 2. The summed E-state index contributed by atoms with van der Waals surface area (Å²) in [4.78, 5) is 26.8. The topological polar surface area (TPSA) is 79.3 Å². The molecule has 2 aliphatic heterocycles. The summed E-state index contributed by atoms with van der Waals surface area (Å²) in [5.74, 6) is -1.28. The number of rotatable bonds is 3. The Bertz CT molecular complexity index is 364. The molecule has 0 saturated carbocycles. The van der Waals surface area contributed by atoms with Gasteiger partial charge >= 0.3 is 12.0 Å². The van der Waals surface area contributed by atoms with E-state index in [1.54, 1.807) is 24.0 Å². The Morgan fingerprint density at radius 2 is 1.65 bits per heavy atom. The normalized spacial score (nSPS) is 30.6. The highest BCUT2D eigenvalue weighted by atomic mass is 16.5. The van der Waals surface area contributed by atoms with Gasteiger partial charge < -0.3 is 24.4 Å². The van der Waals surface area contributed by atoms with Crippen molar-refractivity contribution in [3.8, 4) is 0 Å². The maximum Gasteiger partial charge on any atom is 0.320 e. The van der Waals surface area contributed by atoms with Crippen LogP contribution in [0, 0.1) is 5.92 Å². The maximum absolute atomic E-state index is 12.4. The highest BCUT2D eigenvalue weighted by molar-refractivity contribution is 5.77. The molecule has 3 atom stereocenters. The number of nitrogens with zero attached hydrogens (tertiary/aromatic N) is 2. The third-order valence-electron chi connectivity index (χ3n) is 4.13. The summed E-state index contributed by atoms with van der Waals surface area (Å²) >= 11 is 0. The monoisotopic (exact) mass is 286 g/mol. The highest BCUT2D eigenvalue weighted by Gasteiger charge is 2.38. The molecule has 2 unspecified atom stereocenters. The summed E-state index contributed by atoms with van der Waals surface area (Å²) < 4.78 is 10.6. The maximum atomic E-state index is 12.4. The van der Waals surface area contributed by atoms with E-state index in [9.17, 15) is 9.59 Å². The zero-order valence-electron chi connectivity index (χ0n) is 11.9. The molecule has 2 fully saturated rings. The van der Waals surface area contributed by atoms with Gasteiger partial charge in [0.25, 0.3) is 0 Å². The van der Waals surface area contributed by atoms with Gasteiger partial charge in [-0.1, -0.05) is 0 Å². The SMILES string of the molecule is COC1CN(C(=O)N2CCC[C@@H](C(=O)O)C2)CC1OC. The largest absolute Gasteiger partial charge is 0.481 e. The van der Waals surface area contributed by atoms with E-state index in [4.69, 9.17) is 14.6 Å². The van der Waals surface area contributed by atoms with Crippen molar-refractivity contribution >= 4 is 12.0 Å². The molecule has 0 radical (unpaired) electrons. The van der Waals surface area contributed by atoms with Crippen LogP contribution >= 0.6 is 0 Å². The first-order chi connectivity index (χ1) is 9.56. The molecule has 1 N–H and O–H groups in total.